The third kappa shape index (κ3) is 6.13. The number of hydrogen-bond donors (Lipinski definition) is 3. The number of carbonyl (C=O) groups is 1. The summed E-state index contributed by atoms with van der Waals surface area (Å²) in [5.74, 6) is -0.630. The van der Waals surface area contributed by atoms with Crippen molar-refractivity contribution in [3.8, 4) is 0 Å². The molecule has 25 heavy (non-hydrogen) atoms. The first-order valence-electron chi connectivity index (χ1n) is 8.24. The fraction of sp³-hybridized carbons (Fsp3) is 0.316. The lowest BCUT2D eigenvalue weighted by Crippen LogP contribution is -2.29. The van der Waals surface area contributed by atoms with Crippen LogP contribution in [0.2, 0.25) is 0 Å². The van der Waals surface area contributed by atoms with Crippen LogP contribution in [0.4, 0.5) is 5.69 Å². The second-order valence-corrected chi connectivity index (χ2v) is 8.38. The van der Waals surface area contributed by atoms with E-state index < -0.39 is 19.2 Å². The van der Waals surface area contributed by atoms with Crippen LogP contribution in [0.3, 0.4) is 0 Å². The SMILES string of the molecule is CC(C)CC(C(=O)Nc1ccc(Cc2ccccc2)cc1)P(=O)(O)O. The Morgan fingerprint density at radius 1 is 1.00 bits per heavy atom. The lowest BCUT2D eigenvalue weighted by Gasteiger charge is -2.19. The number of rotatable bonds is 7. The number of benzene rings is 2. The van der Waals surface area contributed by atoms with Crippen molar-refractivity contribution in [1.29, 1.82) is 0 Å². The van der Waals surface area contributed by atoms with Gasteiger partial charge in [-0.05, 0) is 42.0 Å². The molecule has 0 aliphatic rings. The third-order valence-corrected chi connectivity index (χ3v) is 5.13. The van der Waals surface area contributed by atoms with Crippen molar-refractivity contribution in [3.05, 3.63) is 65.7 Å². The van der Waals surface area contributed by atoms with Crippen LogP contribution in [0.15, 0.2) is 54.6 Å². The van der Waals surface area contributed by atoms with E-state index in [9.17, 15) is 19.1 Å². The average Bonchev–Trinajstić information content (AvgIpc) is 2.54. The predicted molar refractivity (Wildman–Crippen MR) is 99.6 cm³/mol. The first kappa shape index (κ1) is 19.4. The molecule has 0 spiro atoms. The van der Waals surface area contributed by atoms with Crippen LogP contribution in [0, 0.1) is 5.92 Å². The number of anilines is 1. The minimum Gasteiger partial charge on any atom is -0.325 e. The van der Waals surface area contributed by atoms with E-state index in [-0.39, 0.29) is 12.3 Å². The number of hydrogen-bond acceptors (Lipinski definition) is 2. The topological polar surface area (TPSA) is 86.6 Å². The molecule has 2 rings (SSSR count). The van der Waals surface area contributed by atoms with E-state index in [4.69, 9.17) is 0 Å². The molecule has 0 aromatic heterocycles. The third-order valence-electron chi connectivity index (χ3n) is 3.88. The molecule has 5 nitrogen and oxygen atoms in total. The highest BCUT2D eigenvalue weighted by Crippen LogP contribution is 2.44. The zero-order chi connectivity index (χ0) is 18.4. The zero-order valence-corrected chi connectivity index (χ0v) is 15.3. The van der Waals surface area contributed by atoms with E-state index in [0.29, 0.717) is 5.69 Å². The average molecular weight is 361 g/mol. The summed E-state index contributed by atoms with van der Waals surface area (Å²) in [4.78, 5) is 31.1. The van der Waals surface area contributed by atoms with Crippen LogP contribution in [-0.2, 0) is 15.8 Å². The molecule has 0 bridgehead atoms. The Morgan fingerprint density at radius 2 is 1.56 bits per heavy atom. The normalized spacial score (nSPS) is 12.8. The minimum absolute atomic E-state index is 0.0108. The molecule has 0 saturated carbocycles. The van der Waals surface area contributed by atoms with Gasteiger partial charge < -0.3 is 15.1 Å². The molecule has 3 N–H and O–H groups in total. The smallest absolute Gasteiger partial charge is 0.325 e. The molecule has 1 amide bonds. The van der Waals surface area contributed by atoms with Crippen LogP contribution in [-0.4, -0.2) is 21.4 Å². The Labute approximate surface area is 148 Å². The summed E-state index contributed by atoms with van der Waals surface area (Å²) in [6.45, 7) is 3.66. The van der Waals surface area contributed by atoms with Crippen molar-refractivity contribution in [1.82, 2.24) is 0 Å². The Hall–Kier alpha value is -1.94. The van der Waals surface area contributed by atoms with Crippen LogP contribution in [0.5, 0.6) is 0 Å². The largest absolute Gasteiger partial charge is 0.337 e. The molecule has 0 fully saturated rings. The van der Waals surface area contributed by atoms with Crippen LogP contribution in [0.25, 0.3) is 0 Å². The van der Waals surface area contributed by atoms with E-state index in [1.165, 1.54) is 5.56 Å². The Morgan fingerprint density at radius 3 is 2.08 bits per heavy atom. The van der Waals surface area contributed by atoms with E-state index in [2.05, 4.69) is 5.32 Å². The van der Waals surface area contributed by atoms with Gasteiger partial charge in [-0.25, -0.2) is 0 Å². The van der Waals surface area contributed by atoms with Crippen molar-refractivity contribution in [2.75, 3.05) is 5.32 Å². The predicted octanol–water partition coefficient (Wildman–Crippen LogP) is 3.81. The summed E-state index contributed by atoms with van der Waals surface area (Å²) in [6.07, 6.45) is 0.926. The lowest BCUT2D eigenvalue weighted by molar-refractivity contribution is -0.116. The first-order valence-corrected chi connectivity index (χ1v) is 9.93. The number of carbonyl (C=O) groups excluding carboxylic acids is 1. The molecule has 134 valence electrons. The van der Waals surface area contributed by atoms with Crippen molar-refractivity contribution in [3.63, 3.8) is 0 Å². The van der Waals surface area contributed by atoms with Gasteiger partial charge in [-0.1, -0.05) is 56.3 Å². The van der Waals surface area contributed by atoms with E-state index in [1.54, 1.807) is 12.1 Å². The van der Waals surface area contributed by atoms with Gasteiger partial charge in [-0.3, -0.25) is 9.36 Å². The summed E-state index contributed by atoms with van der Waals surface area (Å²) in [5, 5.41) is 2.61. The summed E-state index contributed by atoms with van der Waals surface area (Å²) in [7, 11) is -4.49. The quantitative estimate of drug-likeness (QED) is 0.655. The van der Waals surface area contributed by atoms with Gasteiger partial charge in [0.05, 0.1) is 0 Å². The second kappa shape index (κ2) is 8.43. The number of nitrogens with one attached hydrogen (secondary N) is 1. The molecule has 2 aromatic carbocycles. The maximum absolute atomic E-state index is 12.3. The highest BCUT2D eigenvalue weighted by molar-refractivity contribution is 7.53. The fourth-order valence-electron chi connectivity index (χ4n) is 2.61. The second-order valence-electron chi connectivity index (χ2n) is 6.58. The molecule has 0 aliphatic carbocycles. The van der Waals surface area contributed by atoms with Crippen molar-refractivity contribution >= 4 is 19.2 Å². The molecule has 2 aromatic rings. The van der Waals surface area contributed by atoms with Crippen LogP contribution in [0.1, 0.15) is 31.4 Å². The monoisotopic (exact) mass is 361 g/mol. The van der Waals surface area contributed by atoms with Crippen molar-refractivity contribution in [2.24, 2.45) is 5.92 Å². The molecule has 1 atom stereocenters. The number of amides is 1. The summed E-state index contributed by atoms with van der Waals surface area (Å²) < 4.78 is 11.6. The molecule has 6 heteroatoms. The molecular weight excluding hydrogens is 337 g/mol. The molecule has 1 unspecified atom stereocenters. The van der Waals surface area contributed by atoms with Crippen LogP contribution < -0.4 is 5.32 Å². The van der Waals surface area contributed by atoms with Crippen LogP contribution >= 0.6 is 7.60 Å². The summed E-state index contributed by atoms with van der Waals surface area (Å²) in [5.41, 5.74) is 1.50. The first-order chi connectivity index (χ1) is 11.8. The maximum atomic E-state index is 12.3. The van der Waals surface area contributed by atoms with Crippen molar-refractivity contribution < 1.29 is 19.1 Å². The molecule has 0 heterocycles. The molecule has 0 radical (unpaired) electrons. The van der Waals surface area contributed by atoms with Gasteiger partial charge in [0.1, 0.15) is 5.66 Å². The summed E-state index contributed by atoms with van der Waals surface area (Å²) >= 11 is 0. The lowest BCUT2D eigenvalue weighted by atomic mass is 10.0. The standard InChI is InChI=1S/C19H24NO4P/c1-14(2)12-18(25(22,23)24)19(21)20-17-10-8-16(9-11-17)13-15-6-4-3-5-7-15/h3-11,14,18H,12-13H2,1-2H3,(H,20,21)(H2,22,23,24). The van der Waals surface area contributed by atoms with Gasteiger partial charge in [0.25, 0.3) is 0 Å². The maximum Gasteiger partial charge on any atom is 0.337 e. The van der Waals surface area contributed by atoms with Gasteiger partial charge in [0, 0.05) is 5.69 Å². The van der Waals surface area contributed by atoms with Gasteiger partial charge in [0.15, 0.2) is 0 Å². The molecule has 0 aliphatic heterocycles. The molecule has 0 saturated heterocycles. The summed E-state index contributed by atoms with van der Waals surface area (Å²) in [6, 6.07) is 17.3. The minimum atomic E-state index is -4.49. The Bertz CT molecular complexity index is 738. The van der Waals surface area contributed by atoms with Gasteiger partial charge in [0.2, 0.25) is 5.91 Å². The van der Waals surface area contributed by atoms with E-state index in [0.717, 1.165) is 12.0 Å². The Kier molecular flexibility index (Phi) is 6.54. The molecular formula is C19H24NO4P. The highest BCUT2D eigenvalue weighted by Gasteiger charge is 2.36. The van der Waals surface area contributed by atoms with E-state index >= 15 is 0 Å². The highest BCUT2D eigenvalue weighted by atomic mass is 31.2. The van der Waals surface area contributed by atoms with E-state index in [1.807, 2.05) is 56.3 Å². The van der Waals surface area contributed by atoms with Gasteiger partial charge in [-0.15, -0.1) is 0 Å². The van der Waals surface area contributed by atoms with Gasteiger partial charge in [-0.2, -0.15) is 0 Å². The fourth-order valence-corrected chi connectivity index (χ4v) is 3.67. The van der Waals surface area contributed by atoms with Crippen molar-refractivity contribution in [2.45, 2.75) is 32.3 Å². The Balaban J connectivity index is 2.04. The zero-order valence-electron chi connectivity index (χ0n) is 14.4. The van der Waals surface area contributed by atoms with Gasteiger partial charge >= 0.3 is 7.60 Å².